The van der Waals surface area contributed by atoms with E-state index in [-0.39, 0.29) is 23.1 Å². The highest BCUT2D eigenvalue weighted by Gasteiger charge is 2.30. The fourth-order valence-electron chi connectivity index (χ4n) is 2.84. The molecule has 1 aliphatic heterocycles. The van der Waals surface area contributed by atoms with Crippen LogP contribution in [0.1, 0.15) is 27.3 Å². The molecule has 2 heterocycles. The maximum absolute atomic E-state index is 12.3. The number of nitrogens with one attached hydrogen (secondary N) is 1. The van der Waals surface area contributed by atoms with Crippen LogP contribution in [0.25, 0.3) is 0 Å². The largest absolute Gasteiger partial charge is 0.350 e. The standard InChI is InChI=1S/C16H19N3O3S/c1-19-14-8-10-23(21,22)11-13(14)15(18-19)16(20)17-9-7-12-5-3-2-4-6-12/h2-6H,7-11H2,1H3,(H,17,20). The van der Waals surface area contributed by atoms with Crippen LogP contribution in [0.2, 0.25) is 0 Å². The van der Waals surface area contributed by atoms with E-state index in [0.717, 1.165) is 17.7 Å². The van der Waals surface area contributed by atoms with E-state index in [0.29, 0.717) is 18.5 Å². The molecule has 1 amide bonds. The number of fused-ring (bicyclic) bond motifs is 1. The first-order valence-corrected chi connectivity index (χ1v) is 9.36. The summed E-state index contributed by atoms with van der Waals surface area (Å²) in [6.45, 7) is 0.487. The van der Waals surface area contributed by atoms with Crippen LogP contribution in [0, 0.1) is 0 Å². The zero-order valence-electron chi connectivity index (χ0n) is 12.9. The van der Waals surface area contributed by atoms with Crippen LogP contribution in [-0.4, -0.2) is 36.4 Å². The molecule has 0 spiro atoms. The van der Waals surface area contributed by atoms with Gasteiger partial charge in [0.1, 0.15) is 0 Å². The first-order valence-electron chi connectivity index (χ1n) is 7.53. The molecule has 1 aliphatic rings. The van der Waals surface area contributed by atoms with E-state index < -0.39 is 9.84 Å². The molecule has 0 unspecified atom stereocenters. The van der Waals surface area contributed by atoms with Crippen LogP contribution in [0.5, 0.6) is 0 Å². The summed E-state index contributed by atoms with van der Waals surface area (Å²) in [7, 11) is -1.39. The van der Waals surface area contributed by atoms with E-state index in [9.17, 15) is 13.2 Å². The van der Waals surface area contributed by atoms with E-state index in [1.165, 1.54) is 0 Å². The van der Waals surface area contributed by atoms with Crippen molar-refractivity contribution in [1.82, 2.24) is 15.1 Å². The predicted octanol–water partition coefficient (Wildman–Crippen LogP) is 0.863. The molecule has 7 heteroatoms. The molecule has 0 atom stereocenters. The molecule has 0 radical (unpaired) electrons. The topological polar surface area (TPSA) is 81.1 Å². The molecule has 3 rings (SSSR count). The molecular weight excluding hydrogens is 314 g/mol. The number of aromatic nitrogens is 2. The Balaban J connectivity index is 1.71. The first kappa shape index (κ1) is 15.7. The number of sulfone groups is 1. The molecule has 6 nitrogen and oxygen atoms in total. The minimum absolute atomic E-state index is 0.0996. The van der Waals surface area contributed by atoms with Crippen molar-refractivity contribution >= 4 is 15.7 Å². The maximum atomic E-state index is 12.3. The number of hydrogen-bond acceptors (Lipinski definition) is 4. The maximum Gasteiger partial charge on any atom is 0.272 e. The summed E-state index contributed by atoms with van der Waals surface area (Å²) in [6, 6.07) is 9.86. The van der Waals surface area contributed by atoms with Crippen LogP contribution < -0.4 is 5.32 Å². The monoisotopic (exact) mass is 333 g/mol. The molecule has 122 valence electrons. The van der Waals surface area contributed by atoms with Gasteiger partial charge in [-0.1, -0.05) is 30.3 Å². The molecule has 2 aromatic rings. The van der Waals surface area contributed by atoms with Gasteiger partial charge in [0.25, 0.3) is 5.91 Å². The van der Waals surface area contributed by atoms with Gasteiger partial charge in [0, 0.05) is 31.3 Å². The molecule has 23 heavy (non-hydrogen) atoms. The number of hydrogen-bond donors (Lipinski definition) is 1. The highest BCUT2D eigenvalue weighted by molar-refractivity contribution is 7.90. The Morgan fingerprint density at radius 3 is 2.78 bits per heavy atom. The van der Waals surface area contributed by atoms with E-state index in [4.69, 9.17) is 0 Å². The van der Waals surface area contributed by atoms with Gasteiger partial charge < -0.3 is 5.32 Å². The minimum atomic E-state index is -3.14. The van der Waals surface area contributed by atoms with Crippen molar-refractivity contribution in [3.8, 4) is 0 Å². The van der Waals surface area contributed by atoms with Crippen molar-refractivity contribution in [2.24, 2.45) is 7.05 Å². The summed E-state index contributed by atoms with van der Waals surface area (Å²) in [5.74, 6) is -0.290. The molecule has 1 aromatic heterocycles. The molecule has 1 aromatic carbocycles. The van der Waals surface area contributed by atoms with E-state index in [1.54, 1.807) is 11.7 Å². The second kappa shape index (κ2) is 6.16. The van der Waals surface area contributed by atoms with Gasteiger partial charge in [-0.05, 0) is 12.0 Å². The van der Waals surface area contributed by atoms with E-state index in [1.807, 2.05) is 30.3 Å². The van der Waals surface area contributed by atoms with Crippen LogP contribution in [0.4, 0.5) is 0 Å². The summed E-state index contributed by atoms with van der Waals surface area (Å²) in [5.41, 5.74) is 2.77. The highest BCUT2D eigenvalue weighted by atomic mass is 32.2. The van der Waals surface area contributed by atoms with E-state index in [2.05, 4.69) is 10.4 Å². The second-order valence-corrected chi connectivity index (χ2v) is 7.92. The van der Waals surface area contributed by atoms with Gasteiger partial charge in [-0.3, -0.25) is 9.48 Å². The van der Waals surface area contributed by atoms with Crippen LogP contribution in [0.15, 0.2) is 30.3 Å². The molecule has 0 fully saturated rings. The summed E-state index contributed by atoms with van der Waals surface area (Å²) in [4.78, 5) is 12.3. The van der Waals surface area contributed by atoms with Gasteiger partial charge in [-0.25, -0.2) is 8.42 Å². The molecular formula is C16H19N3O3S. The Hall–Kier alpha value is -2.15. The number of benzene rings is 1. The number of nitrogens with zero attached hydrogens (tertiary/aromatic N) is 2. The van der Waals surface area contributed by atoms with Gasteiger partial charge in [-0.2, -0.15) is 5.10 Å². The zero-order valence-corrected chi connectivity index (χ0v) is 13.8. The van der Waals surface area contributed by atoms with Gasteiger partial charge in [0.15, 0.2) is 15.5 Å². The van der Waals surface area contributed by atoms with Gasteiger partial charge >= 0.3 is 0 Å². The predicted molar refractivity (Wildman–Crippen MR) is 86.9 cm³/mol. The number of aryl methyl sites for hydroxylation is 1. The Morgan fingerprint density at radius 1 is 1.30 bits per heavy atom. The Bertz CT molecular complexity index is 826. The lowest BCUT2D eigenvalue weighted by Gasteiger charge is -2.13. The fraction of sp³-hybridized carbons (Fsp3) is 0.375. The lowest BCUT2D eigenvalue weighted by Crippen LogP contribution is -2.28. The number of amides is 1. The van der Waals surface area contributed by atoms with Crippen LogP contribution >= 0.6 is 0 Å². The third kappa shape index (κ3) is 3.44. The lowest BCUT2D eigenvalue weighted by molar-refractivity contribution is 0.0948. The summed E-state index contributed by atoms with van der Waals surface area (Å²) in [6.07, 6.45) is 1.14. The van der Waals surface area contributed by atoms with Gasteiger partial charge in [-0.15, -0.1) is 0 Å². The van der Waals surface area contributed by atoms with Crippen molar-refractivity contribution in [2.45, 2.75) is 18.6 Å². The lowest BCUT2D eigenvalue weighted by atomic mass is 10.1. The fourth-order valence-corrected chi connectivity index (χ4v) is 4.23. The third-order valence-corrected chi connectivity index (χ3v) is 5.60. The molecule has 0 saturated carbocycles. The number of rotatable bonds is 4. The Labute approximate surface area is 135 Å². The molecule has 1 N–H and O–H groups in total. The molecule has 0 saturated heterocycles. The first-order chi connectivity index (χ1) is 11.0. The Kier molecular flexibility index (Phi) is 4.21. The smallest absolute Gasteiger partial charge is 0.272 e. The number of carbonyl (C=O) groups is 1. The minimum Gasteiger partial charge on any atom is -0.350 e. The molecule has 0 aliphatic carbocycles. The summed E-state index contributed by atoms with van der Waals surface area (Å²) >= 11 is 0. The normalized spacial score (nSPS) is 15.9. The summed E-state index contributed by atoms with van der Waals surface area (Å²) < 4.78 is 25.3. The van der Waals surface area contributed by atoms with Crippen molar-refractivity contribution in [1.29, 1.82) is 0 Å². The zero-order chi connectivity index (χ0) is 16.4. The van der Waals surface area contributed by atoms with Crippen molar-refractivity contribution in [3.05, 3.63) is 52.8 Å². The SMILES string of the molecule is Cn1nc(C(=O)NCCc2ccccc2)c2c1CCS(=O)(=O)C2. The third-order valence-electron chi connectivity index (χ3n) is 4.05. The van der Waals surface area contributed by atoms with Crippen molar-refractivity contribution < 1.29 is 13.2 Å². The average Bonchev–Trinajstić information content (AvgIpc) is 2.83. The summed E-state index contributed by atoms with van der Waals surface area (Å²) in [5, 5.41) is 7.05. The van der Waals surface area contributed by atoms with Gasteiger partial charge in [0.2, 0.25) is 0 Å². The Morgan fingerprint density at radius 2 is 2.04 bits per heavy atom. The van der Waals surface area contributed by atoms with Crippen LogP contribution in [-0.2, 0) is 35.5 Å². The quantitative estimate of drug-likeness (QED) is 0.900. The molecule has 0 bridgehead atoms. The van der Waals surface area contributed by atoms with Crippen molar-refractivity contribution in [3.63, 3.8) is 0 Å². The van der Waals surface area contributed by atoms with Crippen molar-refractivity contribution in [2.75, 3.05) is 12.3 Å². The average molecular weight is 333 g/mol. The highest BCUT2D eigenvalue weighted by Crippen LogP contribution is 2.23. The number of carbonyl (C=O) groups excluding carboxylic acids is 1. The van der Waals surface area contributed by atoms with Gasteiger partial charge in [0.05, 0.1) is 11.5 Å². The van der Waals surface area contributed by atoms with Crippen LogP contribution in [0.3, 0.4) is 0 Å². The van der Waals surface area contributed by atoms with E-state index >= 15 is 0 Å². The second-order valence-electron chi connectivity index (χ2n) is 5.73.